The van der Waals surface area contributed by atoms with Crippen LogP contribution in [0, 0.1) is 56.2 Å². The van der Waals surface area contributed by atoms with Gasteiger partial charge in [0.1, 0.15) is 0 Å². The number of hydrogen-bond donors (Lipinski definition) is 1. The first-order valence-corrected chi connectivity index (χ1v) is 14.0. The van der Waals surface area contributed by atoms with Gasteiger partial charge in [0.2, 0.25) is 0 Å². The Morgan fingerprint density at radius 1 is 0.912 bits per heavy atom. The third kappa shape index (κ3) is 2.82. The van der Waals surface area contributed by atoms with Crippen LogP contribution in [0.25, 0.3) is 0 Å². The van der Waals surface area contributed by atoms with Crippen LogP contribution in [0.1, 0.15) is 113 Å². The van der Waals surface area contributed by atoms with Gasteiger partial charge in [-0.15, -0.1) is 0 Å². The lowest BCUT2D eigenvalue weighted by Crippen LogP contribution is -2.66. The van der Waals surface area contributed by atoms with E-state index in [0.717, 1.165) is 38.5 Å². The molecule has 9 atom stereocenters. The fraction of sp³-hybridized carbons (Fsp3) is 0.871. The van der Waals surface area contributed by atoms with Crippen molar-refractivity contribution in [1.82, 2.24) is 0 Å². The van der Waals surface area contributed by atoms with Crippen LogP contribution in [0.15, 0.2) is 11.6 Å². The van der Waals surface area contributed by atoms with Gasteiger partial charge in [-0.1, -0.05) is 54.0 Å². The van der Waals surface area contributed by atoms with Crippen molar-refractivity contribution in [2.45, 2.75) is 113 Å². The van der Waals surface area contributed by atoms with Gasteiger partial charge < -0.3 is 5.11 Å². The maximum atomic E-state index is 14.3. The van der Waals surface area contributed by atoms with Crippen molar-refractivity contribution in [2.75, 3.05) is 0 Å². The zero-order chi connectivity index (χ0) is 25.1. The molecule has 34 heavy (non-hydrogen) atoms. The maximum Gasteiger partial charge on any atom is 0.309 e. The van der Waals surface area contributed by atoms with Gasteiger partial charge in [0.25, 0.3) is 0 Å². The number of rotatable bonds is 1. The Bertz CT molecular complexity index is 962. The second-order valence-corrected chi connectivity index (χ2v) is 15.3. The van der Waals surface area contributed by atoms with Crippen molar-refractivity contribution in [1.29, 1.82) is 0 Å². The zero-order valence-electron chi connectivity index (χ0n) is 23.0. The van der Waals surface area contributed by atoms with E-state index in [2.05, 4.69) is 54.5 Å². The number of carboxylic acids is 1. The van der Waals surface area contributed by atoms with E-state index in [1.165, 1.54) is 18.4 Å². The van der Waals surface area contributed by atoms with Crippen molar-refractivity contribution < 1.29 is 14.7 Å². The molecule has 0 aromatic heterocycles. The van der Waals surface area contributed by atoms with Gasteiger partial charge in [-0.25, -0.2) is 0 Å². The second kappa shape index (κ2) is 7.00. The van der Waals surface area contributed by atoms with Crippen LogP contribution in [0.4, 0.5) is 0 Å². The summed E-state index contributed by atoms with van der Waals surface area (Å²) in [6.07, 6.45) is 11.5. The largest absolute Gasteiger partial charge is 0.481 e. The highest BCUT2D eigenvalue weighted by atomic mass is 16.4. The minimum atomic E-state index is -0.683. The third-order valence-corrected chi connectivity index (χ3v) is 13.6. The molecule has 4 saturated carbocycles. The average molecular weight is 469 g/mol. The Morgan fingerprint density at radius 3 is 2.21 bits per heavy atom. The molecule has 0 spiro atoms. The molecular weight excluding hydrogens is 420 g/mol. The molecule has 4 fully saturated rings. The molecule has 0 amide bonds. The van der Waals surface area contributed by atoms with Gasteiger partial charge in [-0.2, -0.15) is 0 Å². The highest BCUT2D eigenvalue weighted by Crippen LogP contribution is 2.75. The lowest BCUT2D eigenvalue weighted by molar-refractivity contribution is -0.192. The normalized spacial score (nSPS) is 54.1. The lowest BCUT2D eigenvalue weighted by Gasteiger charge is -2.70. The first-order chi connectivity index (χ1) is 15.6. The van der Waals surface area contributed by atoms with Crippen molar-refractivity contribution in [3.8, 4) is 0 Å². The van der Waals surface area contributed by atoms with E-state index in [4.69, 9.17) is 0 Å². The Balaban J connectivity index is 1.62. The van der Waals surface area contributed by atoms with Gasteiger partial charge in [0, 0.05) is 5.92 Å². The van der Waals surface area contributed by atoms with Crippen LogP contribution >= 0.6 is 0 Å². The molecule has 3 unspecified atom stereocenters. The molecule has 190 valence electrons. The lowest BCUT2D eigenvalue weighted by atomic mass is 9.33. The highest BCUT2D eigenvalue weighted by molar-refractivity contribution is 5.95. The summed E-state index contributed by atoms with van der Waals surface area (Å²) in [6, 6.07) is 0. The fourth-order valence-corrected chi connectivity index (χ4v) is 10.6. The average Bonchev–Trinajstić information content (AvgIpc) is 2.73. The van der Waals surface area contributed by atoms with Crippen molar-refractivity contribution >= 4 is 11.8 Å². The monoisotopic (exact) mass is 468 g/mol. The summed E-state index contributed by atoms with van der Waals surface area (Å²) >= 11 is 0. The van der Waals surface area contributed by atoms with E-state index in [1.54, 1.807) is 0 Å². The molecule has 0 aromatic carbocycles. The Kier molecular flexibility index (Phi) is 5.06. The third-order valence-electron chi connectivity index (χ3n) is 13.6. The van der Waals surface area contributed by atoms with E-state index in [0.29, 0.717) is 24.0 Å². The molecule has 0 aliphatic heterocycles. The van der Waals surface area contributed by atoms with Gasteiger partial charge in [-0.3, -0.25) is 9.59 Å². The summed E-state index contributed by atoms with van der Waals surface area (Å²) in [7, 11) is 0. The van der Waals surface area contributed by atoms with Crippen LogP contribution < -0.4 is 0 Å². The number of carboxylic acid groups (broad SMARTS) is 1. The predicted molar refractivity (Wildman–Crippen MR) is 136 cm³/mol. The molecule has 0 saturated heterocycles. The predicted octanol–water partition coefficient (Wildman–Crippen LogP) is 7.69. The molecule has 5 rings (SSSR count). The standard InChI is InChI=1S/C31H48O3/c1-19-9-11-29(6)23(26(19,2)3)10-12-31(8)24(29)22(32)17-20-21-18-28(5,25(33)34)14-13-27(21,4)15-16-30(20,31)7/h17,19,21,23-24H,9-16,18H2,1-8H3,(H,33,34)/t19-,21-,23?,24?,27+,28-,29-,30?,31+/m0/s1. The van der Waals surface area contributed by atoms with Crippen molar-refractivity contribution in [3.05, 3.63) is 11.6 Å². The van der Waals surface area contributed by atoms with E-state index >= 15 is 0 Å². The van der Waals surface area contributed by atoms with E-state index in [1.807, 2.05) is 6.92 Å². The molecule has 0 aromatic rings. The minimum absolute atomic E-state index is 0.0201. The number of carbonyl (C=O) groups excluding carboxylic acids is 1. The SMILES string of the molecule is C[C@H]1CC[C@@]2(C)C(CC[C@]3(C)C2C(=O)C=C2[C@@H]4C[C@@](C)(C(=O)O)CC[C@]4(C)CCC23C)C1(C)C. The van der Waals surface area contributed by atoms with E-state index in [9.17, 15) is 14.7 Å². The van der Waals surface area contributed by atoms with Gasteiger partial charge in [-0.05, 0) is 116 Å². The highest BCUT2D eigenvalue weighted by Gasteiger charge is 2.70. The Hall–Kier alpha value is -1.12. The Morgan fingerprint density at radius 2 is 1.56 bits per heavy atom. The molecule has 5 aliphatic carbocycles. The summed E-state index contributed by atoms with van der Waals surface area (Å²) < 4.78 is 0. The van der Waals surface area contributed by atoms with Crippen LogP contribution in [-0.4, -0.2) is 16.9 Å². The summed E-state index contributed by atoms with van der Waals surface area (Å²) in [4.78, 5) is 26.5. The number of carbonyl (C=O) groups is 2. The summed E-state index contributed by atoms with van der Waals surface area (Å²) in [6.45, 7) is 19.0. The number of aliphatic carboxylic acids is 1. The van der Waals surface area contributed by atoms with Crippen LogP contribution in [-0.2, 0) is 9.59 Å². The first kappa shape index (κ1) is 24.6. The molecule has 3 nitrogen and oxygen atoms in total. The van der Waals surface area contributed by atoms with Gasteiger partial charge >= 0.3 is 5.97 Å². The van der Waals surface area contributed by atoms with Crippen molar-refractivity contribution in [2.24, 2.45) is 56.2 Å². The topological polar surface area (TPSA) is 54.4 Å². The molecule has 0 radical (unpaired) electrons. The summed E-state index contributed by atoms with van der Waals surface area (Å²) in [5.74, 6) is 1.26. The smallest absolute Gasteiger partial charge is 0.309 e. The van der Waals surface area contributed by atoms with Crippen LogP contribution in [0.3, 0.4) is 0 Å². The molecule has 1 N–H and O–H groups in total. The molecule has 5 aliphatic rings. The quantitative estimate of drug-likeness (QED) is 0.429. The number of allylic oxidation sites excluding steroid dienone is 2. The van der Waals surface area contributed by atoms with E-state index in [-0.39, 0.29) is 38.9 Å². The number of fused-ring (bicyclic) bond motifs is 7. The second-order valence-electron chi connectivity index (χ2n) is 15.3. The summed E-state index contributed by atoms with van der Waals surface area (Å²) in [5.41, 5.74) is 1.00. The zero-order valence-corrected chi connectivity index (χ0v) is 23.0. The van der Waals surface area contributed by atoms with Gasteiger partial charge in [0.15, 0.2) is 5.78 Å². The molecular formula is C31H48O3. The van der Waals surface area contributed by atoms with E-state index < -0.39 is 11.4 Å². The minimum Gasteiger partial charge on any atom is -0.481 e. The number of hydrogen-bond acceptors (Lipinski definition) is 2. The number of ketones is 1. The Labute approximate surface area is 207 Å². The van der Waals surface area contributed by atoms with Crippen LogP contribution in [0.5, 0.6) is 0 Å². The van der Waals surface area contributed by atoms with Gasteiger partial charge in [0.05, 0.1) is 5.41 Å². The summed E-state index contributed by atoms with van der Waals surface area (Å²) in [5, 5.41) is 10.1. The fourth-order valence-electron chi connectivity index (χ4n) is 10.6. The molecule has 0 heterocycles. The van der Waals surface area contributed by atoms with Crippen molar-refractivity contribution in [3.63, 3.8) is 0 Å². The van der Waals surface area contributed by atoms with Crippen LogP contribution in [0.2, 0.25) is 0 Å². The molecule has 3 heteroatoms. The molecule has 0 bridgehead atoms. The first-order valence-electron chi connectivity index (χ1n) is 14.0. The maximum absolute atomic E-state index is 14.3.